The molecule has 2 rings (SSSR count). The molecule has 2 aromatic rings. The highest BCUT2D eigenvalue weighted by Crippen LogP contribution is 2.17. The maximum atomic E-state index is 6.12. The molecule has 0 saturated heterocycles. The molecule has 0 aliphatic rings. The summed E-state index contributed by atoms with van der Waals surface area (Å²) in [5.74, 6) is 0.841. The molecular formula is C11H12ClIN4. The van der Waals surface area contributed by atoms with E-state index in [0.717, 1.165) is 21.6 Å². The fraction of sp³-hybridized carbons (Fsp3) is 0.273. The molecule has 0 amide bonds. The monoisotopic (exact) mass is 362 g/mol. The van der Waals surface area contributed by atoms with Gasteiger partial charge in [0.1, 0.15) is 5.82 Å². The molecule has 0 spiro atoms. The molecule has 0 aromatic carbocycles. The van der Waals surface area contributed by atoms with E-state index >= 15 is 0 Å². The predicted molar refractivity (Wildman–Crippen MR) is 77.5 cm³/mol. The number of hydrogen-bond donors (Lipinski definition) is 1. The summed E-state index contributed by atoms with van der Waals surface area (Å²) in [4.78, 5) is 4.46. The van der Waals surface area contributed by atoms with Crippen LogP contribution in [0.25, 0.3) is 0 Å². The average molecular weight is 363 g/mol. The van der Waals surface area contributed by atoms with Gasteiger partial charge in [-0.15, -0.1) is 0 Å². The summed E-state index contributed by atoms with van der Waals surface area (Å²) in [6.45, 7) is 3.46. The van der Waals surface area contributed by atoms with E-state index in [1.165, 1.54) is 0 Å². The normalized spacial score (nSPS) is 10.5. The van der Waals surface area contributed by atoms with Crippen molar-refractivity contribution in [3.63, 3.8) is 0 Å². The van der Waals surface area contributed by atoms with Crippen molar-refractivity contribution >= 4 is 40.0 Å². The van der Waals surface area contributed by atoms with Crippen molar-refractivity contribution in [2.24, 2.45) is 0 Å². The summed E-state index contributed by atoms with van der Waals surface area (Å²) in [6.07, 6.45) is 3.76. The molecule has 0 saturated carbocycles. The average Bonchev–Trinajstić information content (AvgIpc) is 2.69. The first-order valence-electron chi connectivity index (χ1n) is 5.26. The molecule has 4 nitrogen and oxygen atoms in total. The van der Waals surface area contributed by atoms with E-state index in [0.29, 0.717) is 11.6 Å². The Labute approximate surface area is 119 Å². The van der Waals surface area contributed by atoms with Gasteiger partial charge < -0.3 is 5.32 Å². The second-order valence-corrected chi connectivity index (χ2v) is 5.16. The molecule has 0 atom stereocenters. The summed E-state index contributed by atoms with van der Waals surface area (Å²) in [7, 11) is 0. The van der Waals surface area contributed by atoms with E-state index in [1.807, 2.05) is 36.1 Å². The van der Waals surface area contributed by atoms with Crippen LogP contribution in [0.2, 0.25) is 5.02 Å². The number of rotatable bonds is 4. The van der Waals surface area contributed by atoms with Crippen molar-refractivity contribution in [2.45, 2.75) is 13.5 Å². The topological polar surface area (TPSA) is 42.7 Å². The second kappa shape index (κ2) is 5.68. The van der Waals surface area contributed by atoms with E-state index in [4.69, 9.17) is 11.6 Å². The zero-order valence-electron chi connectivity index (χ0n) is 9.32. The van der Waals surface area contributed by atoms with Gasteiger partial charge in [0.15, 0.2) is 0 Å². The molecule has 1 N–H and O–H groups in total. The van der Waals surface area contributed by atoms with Crippen LogP contribution in [0.5, 0.6) is 0 Å². The van der Waals surface area contributed by atoms with Crippen molar-refractivity contribution in [2.75, 3.05) is 11.9 Å². The third-order valence-corrected chi connectivity index (χ3v) is 3.09. The number of pyridine rings is 1. The first-order valence-corrected chi connectivity index (χ1v) is 6.72. The SMILES string of the molecule is CCNc1ccc(Cl)c(Cn2cc(I)cn2)n1. The summed E-state index contributed by atoms with van der Waals surface area (Å²) < 4.78 is 2.92. The lowest BCUT2D eigenvalue weighted by molar-refractivity contribution is 0.673. The van der Waals surface area contributed by atoms with Crippen LogP contribution in [0.1, 0.15) is 12.6 Å². The van der Waals surface area contributed by atoms with Gasteiger partial charge in [0.05, 0.1) is 27.0 Å². The standard InChI is InChI=1S/C11H12ClIN4/c1-2-14-11-4-3-9(12)10(16-11)7-17-6-8(13)5-15-17/h3-6H,2,7H2,1H3,(H,14,16). The lowest BCUT2D eigenvalue weighted by atomic mass is 10.3. The number of hydrogen-bond acceptors (Lipinski definition) is 3. The van der Waals surface area contributed by atoms with Gasteiger partial charge in [0, 0.05) is 12.7 Å². The molecule has 0 fully saturated rings. The Balaban J connectivity index is 2.22. The van der Waals surface area contributed by atoms with Crippen molar-refractivity contribution in [3.8, 4) is 0 Å². The van der Waals surface area contributed by atoms with E-state index in [1.54, 1.807) is 0 Å². The van der Waals surface area contributed by atoms with Gasteiger partial charge in [0.25, 0.3) is 0 Å². The Morgan fingerprint density at radius 3 is 2.94 bits per heavy atom. The molecule has 0 bridgehead atoms. The van der Waals surface area contributed by atoms with Gasteiger partial charge >= 0.3 is 0 Å². The van der Waals surface area contributed by atoms with E-state index in [9.17, 15) is 0 Å². The second-order valence-electron chi connectivity index (χ2n) is 3.51. The van der Waals surface area contributed by atoms with Crippen molar-refractivity contribution in [3.05, 3.63) is 38.8 Å². The summed E-state index contributed by atoms with van der Waals surface area (Å²) in [5.41, 5.74) is 0.824. The zero-order chi connectivity index (χ0) is 12.3. The minimum Gasteiger partial charge on any atom is -0.370 e. The Bertz CT molecular complexity index is 512. The highest BCUT2D eigenvalue weighted by molar-refractivity contribution is 14.1. The number of anilines is 1. The first-order chi connectivity index (χ1) is 8.19. The summed E-state index contributed by atoms with van der Waals surface area (Å²) >= 11 is 8.34. The molecule has 90 valence electrons. The van der Waals surface area contributed by atoms with Crippen LogP contribution in [-0.2, 0) is 6.54 Å². The predicted octanol–water partition coefficient (Wildman–Crippen LogP) is 3.02. The smallest absolute Gasteiger partial charge is 0.126 e. The molecular weight excluding hydrogens is 351 g/mol. The van der Waals surface area contributed by atoms with Crippen LogP contribution in [0.4, 0.5) is 5.82 Å². The van der Waals surface area contributed by atoms with Crippen LogP contribution in [0.3, 0.4) is 0 Å². The molecule has 17 heavy (non-hydrogen) atoms. The van der Waals surface area contributed by atoms with Crippen LogP contribution >= 0.6 is 34.2 Å². The minimum atomic E-state index is 0.584. The van der Waals surface area contributed by atoms with Gasteiger partial charge in [0.2, 0.25) is 0 Å². The molecule has 2 heterocycles. The van der Waals surface area contributed by atoms with Gasteiger partial charge in [-0.2, -0.15) is 5.10 Å². The number of nitrogens with one attached hydrogen (secondary N) is 1. The summed E-state index contributed by atoms with van der Waals surface area (Å²) in [5, 5.41) is 8.05. The van der Waals surface area contributed by atoms with Crippen molar-refractivity contribution in [1.82, 2.24) is 14.8 Å². The Kier molecular flexibility index (Phi) is 4.22. The zero-order valence-corrected chi connectivity index (χ0v) is 12.2. The third kappa shape index (κ3) is 3.32. The van der Waals surface area contributed by atoms with Gasteiger partial charge in [-0.05, 0) is 41.6 Å². The maximum absolute atomic E-state index is 6.12. The number of nitrogens with zero attached hydrogens (tertiary/aromatic N) is 3. The van der Waals surface area contributed by atoms with E-state index in [2.05, 4.69) is 38.0 Å². The van der Waals surface area contributed by atoms with Gasteiger partial charge in [-0.3, -0.25) is 4.68 Å². The largest absolute Gasteiger partial charge is 0.370 e. The third-order valence-electron chi connectivity index (χ3n) is 2.19. The lowest BCUT2D eigenvalue weighted by Crippen LogP contribution is -2.06. The fourth-order valence-corrected chi connectivity index (χ4v) is 2.06. The number of halogens is 2. The number of aromatic nitrogens is 3. The quantitative estimate of drug-likeness (QED) is 0.850. The van der Waals surface area contributed by atoms with Crippen LogP contribution in [0.15, 0.2) is 24.5 Å². The molecule has 2 aromatic heterocycles. The van der Waals surface area contributed by atoms with E-state index in [-0.39, 0.29) is 0 Å². The molecule has 0 aliphatic heterocycles. The highest BCUT2D eigenvalue weighted by Gasteiger charge is 2.05. The van der Waals surface area contributed by atoms with E-state index < -0.39 is 0 Å². The molecule has 0 aliphatic carbocycles. The minimum absolute atomic E-state index is 0.584. The van der Waals surface area contributed by atoms with Gasteiger partial charge in [-0.1, -0.05) is 11.6 Å². The van der Waals surface area contributed by atoms with Crippen molar-refractivity contribution < 1.29 is 0 Å². The Morgan fingerprint density at radius 1 is 1.47 bits per heavy atom. The van der Waals surface area contributed by atoms with Crippen LogP contribution in [-0.4, -0.2) is 21.3 Å². The van der Waals surface area contributed by atoms with Crippen LogP contribution < -0.4 is 5.32 Å². The lowest BCUT2D eigenvalue weighted by Gasteiger charge is -2.07. The summed E-state index contributed by atoms with van der Waals surface area (Å²) in [6, 6.07) is 3.73. The fourth-order valence-electron chi connectivity index (χ4n) is 1.45. The molecule has 0 radical (unpaired) electrons. The molecule has 6 heteroatoms. The first kappa shape index (κ1) is 12.6. The van der Waals surface area contributed by atoms with Gasteiger partial charge in [-0.25, -0.2) is 4.98 Å². The molecule has 0 unspecified atom stereocenters. The highest BCUT2D eigenvalue weighted by atomic mass is 127. The Morgan fingerprint density at radius 2 is 2.29 bits per heavy atom. The Hall–Kier alpha value is -0.820. The van der Waals surface area contributed by atoms with Crippen LogP contribution in [0, 0.1) is 3.57 Å². The maximum Gasteiger partial charge on any atom is 0.126 e. The van der Waals surface area contributed by atoms with Crippen molar-refractivity contribution in [1.29, 1.82) is 0 Å².